The Kier molecular flexibility index (Phi) is 8.70. The van der Waals surface area contributed by atoms with E-state index < -0.39 is 29.2 Å². The van der Waals surface area contributed by atoms with Crippen molar-refractivity contribution in [3.63, 3.8) is 0 Å². The van der Waals surface area contributed by atoms with Crippen molar-refractivity contribution >= 4 is 51.7 Å². The second-order valence-electron chi connectivity index (χ2n) is 5.96. The Bertz CT molecular complexity index is 904. The molecule has 156 valence electrons. The maximum atomic E-state index is 12.7. The van der Waals surface area contributed by atoms with Gasteiger partial charge in [-0.15, -0.1) is 23.1 Å². The molecule has 14 heteroatoms. The summed E-state index contributed by atoms with van der Waals surface area (Å²) in [5.74, 6) is -2.36. The van der Waals surface area contributed by atoms with Crippen LogP contribution in [-0.4, -0.2) is 70.9 Å². The molecule has 3 rings (SSSR count). The predicted octanol–water partition coefficient (Wildman–Crippen LogP) is -4.48. The van der Waals surface area contributed by atoms with Gasteiger partial charge in [-0.05, 0) is 12.5 Å². The minimum atomic E-state index is -1.46. The third kappa shape index (κ3) is 4.81. The summed E-state index contributed by atoms with van der Waals surface area (Å²) in [5, 5.41) is 19.1. The van der Waals surface area contributed by atoms with Gasteiger partial charge in [0.25, 0.3) is 11.8 Å². The number of carbonyl (C=O) groups excluding carboxylic acids is 3. The number of thioether (sulfide) groups is 1. The summed E-state index contributed by atoms with van der Waals surface area (Å²) in [6.07, 6.45) is 0. The molecule has 1 aromatic rings. The number of ether oxygens (including phenoxy) is 1. The summed E-state index contributed by atoms with van der Waals surface area (Å²) in [6.45, 7) is 2.00. The molecule has 1 unspecified atom stereocenters. The van der Waals surface area contributed by atoms with Gasteiger partial charge < -0.3 is 30.5 Å². The minimum Gasteiger partial charge on any atom is -0.543 e. The fourth-order valence-corrected chi connectivity index (χ4v) is 4.77. The third-order valence-corrected chi connectivity index (χ3v) is 6.12. The molecular weight excluding hydrogens is 445 g/mol. The fraction of sp³-hybridized carbons (Fsp3) is 0.438. The smallest absolute Gasteiger partial charge is 0.543 e. The number of aliphatic carboxylic acids is 1. The number of rotatable bonds is 8. The van der Waals surface area contributed by atoms with E-state index in [0.717, 1.165) is 16.2 Å². The second-order valence-corrected chi connectivity index (χ2v) is 7.96. The molecule has 11 nitrogen and oxygen atoms in total. The standard InChI is InChI=1S/C16H19N5O6S2.Na/c1-3-27-20-9(8-6-29-16(17)18-8)12(22)19-10-13(23)21-11(15(24)25)7(4-26-2)5-28-14(10)21;/h6,10,14H,3-5H2,1-2H3,(H2,17,18)(H,19,22)(H,24,25);/q;+1/p-1/t10?,14-;/m1./s1. The molecule has 0 bridgehead atoms. The van der Waals surface area contributed by atoms with Gasteiger partial charge in [0.1, 0.15) is 23.7 Å². The number of nitrogen functional groups attached to an aromatic ring is 1. The number of carboxylic acids is 1. The number of methoxy groups -OCH3 is 1. The summed E-state index contributed by atoms with van der Waals surface area (Å²) in [6, 6.07) is -0.922. The van der Waals surface area contributed by atoms with Gasteiger partial charge in [0.2, 0.25) is 0 Å². The number of aromatic nitrogens is 1. The van der Waals surface area contributed by atoms with Gasteiger partial charge in [0, 0.05) is 18.2 Å². The van der Waals surface area contributed by atoms with Crippen molar-refractivity contribution < 1.29 is 58.6 Å². The maximum absolute atomic E-state index is 12.7. The third-order valence-electron chi connectivity index (χ3n) is 4.11. The van der Waals surface area contributed by atoms with Crippen molar-refractivity contribution in [1.82, 2.24) is 15.2 Å². The summed E-state index contributed by atoms with van der Waals surface area (Å²) >= 11 is 2.45. The molecule has 1 fully saturated rings. The number of hydrogen-bond acceptors (Lipinski definition) is 11. The molecule has 2 amide bonds. The molecule has 2 aliphatic heterocycles. The van der Waals surface area contributed by atoms with Gasteiger partial charge >= 0.3 is 29.6 Å². The topological polar surface area (TPSA) is 159 Å². The number of nitrogens with two attached hydrogens (primary N) is 1. The van der Waals surface area contributed by atoms with Crippen molar-refractivity contribution in [3.8, 4) is 0 Å². The average molecular weight is 463 g/mol. The van der Waals surface area contributed by atoms with Gasteiger partial charge in [0.15, 0.2) is 10.8 Å². The quantitative estimate of drug-likeness (QED) is 0.168. The van der Waals surface area contributed by atoms with Gasteiger partial charge in [0.05, 0.1) is 18.3 Å². The van der Waals surface area contributed by atoms with Crippen molar-refractivity contribution in [2.45, 2.75) is 18.3 Å². The molecule has 3 N–H and O–H groups in total. The van der Waals surface area contributed by atoms with Gasteiger partial charge in [-0.25, -0.2) is 4.98 Å². The normalized spacial score (nSPS) is 20.8. The zero-order valence-electron chi connectivity index (χ0n) is 16.5. The summed E-state index contributed by atoms with van der Waals surface area (Å²) < 4.78 is 5.00. The molecule has 1 aromatic heterocycles. The number of oxime groups is 1. The number of nitrogens with zero attached hydrogens (tertiary/aromatic N) is 3. The number of amides is 2. The molecule has 0 radical (unpaired) electrons. The van der Waals surface area contributed by atoms with Crippen LogP contribution in [0.5, 0.6) is 0 Å². The molecule has 0 aliphatic carbocycles. The second kappa shape index (κ2) is 10.6. The van der Waals surface area contributed by atoms with E-state index >= 15 is 0 Å². The molecule has 0 aromatic carbocycles. The van der Waals surface area contributed by atoms with E-state index in [1.54, 1.807) is 12.3 Å². The number of nitrogens with one attached hydrogen (secondary N) is 1. The first kappa shape index (κ1) is 24.6. The number of carbonyl (C=O) groups is 3. The summed E-state index contributed by atoms with van der Waals surface area (Å²) in [5.41, 5.74) is 5.95. The Morgan fingerprint density at radius 3 is 2.80 bits per heavy atom. The van der Waals surface area contributed by atoms with E-state index in [1.165, 1.54) is 18.9 Å². The van der Waals surface area contributed by atoms with E-state index in [1.807, 2.05) is 0 Å². The van der Waals surface area contributed by atoms with E-state index in [-0.39, 0.29) is 65.0 Å². The van der Waals surface area contributed by atoms with Crippen molar-refractivity contribution in [2.75, 3.05) is 31.8 Å². The van der Waals surface area contributed by atoms with E-state index in [9.17, 15) is 19.5 Å². The van der Waals surface area contributed by atoms with E-state index in [2.05, 4.69) is 15.5 Å². The van der Waals surface area contributed by atoms with E-state index in [0.29, 0.717) is 11.3 Å². The van der Waals surface area contributed by atoms with Crippen molar-refractivity contribution in [1.29, 1.82) is 0 Å². The van der Waals surface area contributed by atoms with Crippen LogP contribution in [0.2, 0.25) is 0 Å². The molecule has 3 heterocycles. The Labute approximate surface area is 202 Å². The number of anilines is 1. The number of hydrogen-bond donors (Lipinski definition) is 2. The Balaban J connectivity index is 0.00000320. The van der Waals surface area contributed by atoms with Gasteiger partial charge in [-0.3, -0.25) is 14.5 Å². The molecule has 0 saturated carbocycles. The summed E-state index contributed by atoms with van der Waals surface area (Å²) in [7, 11) is 1.43. The van der Waals surface area contributed by atoms with Crippen LogP contribution in [0.15, 0.2) is 21.8 Å². The van der Waals surface area contributed by atoms with Crippen LogP contribution in [0.4, 0.5) is 5.13 Å². The molecule has 2 aliphatic rings. The SMILES string of the molecule is CCON=C(C(=O)NC1C(=O)N2C(C(=O)[O-])=C(COC)CS[C@H]12)c1csc(N)n1.[Na+]. The molecule has 2 atom stereocenters. The Morgan fingerprint density at radius 2 is 2.23 bits per heavy atom. The van der Waals surface area contributed by atoms with E-state index in [4.69, 9.17) is 15.3 Å². The number of fused-ring (bicyclic) bond motifs is 1. The molecule has 30 heavy (non-hydrogen) atoms. The number of thiazole rings is 1. The Morgan fingerprint density at radius 1 is 1.50 bits per heavy atom. The molecular formula is C16H18N5NaO6S2. The van der Waals surface area contributed by atoms with Gasteiger partial charge in [-0.1, -0.05) is 5.16 Å². The van der Waals surface area contributed by atoms with Crippen LogP contribution in [0.3, 0.4) is 0 Å². The van der Waals surface area contributed by atoms with Crippen molar-refractivity contribution in [3.05, 3.63) is 22.3 Å². The molecule has 0 spiro atoms. The molecule has 1 saturated heterocycles. The van der Waals surface area contributed by atoms with Crippen LogP contribution in [-0.2, 0) is 24.0 Å². The maximum Gasteiger partial charge on any atom is 1.00 e. The monoisotopic (exact) mass is 463 g/mol. The van der Waals surface area contributed by atoms with Crippen LogP contribution >= 0.6 is 23.1 Å². The first-order chi connectivity index (χ1) is 13.9. The minimum absolute atomic E-state index is 0. The fourth-order valence-electron chi connectivity index (χ4n) is 2.90. The largest absolute Gasteiger partial charge is 1.00 e. The number of carboxylic acid groups (broad SMARTS) is 1. The van der Waals surface area contributed by atoms with Crippen LogP contribution < -0.4 is 45.7 Å². The Hall–Kier alpha value is -1.64. The first-order valence-electron chi connectivity index (χ1n) is 8.48. The first-order valence-corrected chi connectivity index (χ1v) is 10.4. The predicted molar refractivity (Wildman–Crippen MR) is 104 cm³/mol. The van der Waals surface area contributed by atoms with Gasteiger partial charge in [-0.2, -0.15) is 0 Å². The average Bonchev–Trinajstić information content (AvgIpc) is 3.12. The summed E-state index contributed by atoms with van der Waals surface area (Å²) in [4.78, 5) is 47.0. The number of β-lactam (4-membered cyclic amide) rings is 1. The van der Waals surface area contributed by atoms with Crippen LogP contribution in [0, 0.1) is 0 Å². The zero-order valence-corrected chi connectivity index (χ0v) is 20.2. The zero-order chi connectivity index (χ0) is 21.1. The van der Waals surface area contributed by atoms with Crippen LogP contribution in [0.25, 0.3) is 0 Å². The van der Waals surface area contributed by atoms with Crippen molar-refractivity contribution in [2.24, 2.45) is 5.16 Å². The van der Waals surface area contributed by atoms with Crippen LogP contribution in [0.1, 0.15) is 12.6 Å².